The molecular weight excluding hydrogens is 288 g/mol. The number of rotatable bonds is 4. The van der Waals surface area contributed by atoms with Crippen molar-refractivity contribution in [2.45, 2.75) is 6.54 Å². The summed E-state index contributed by atoms with van der Waals surface area (Å²) in [6.45, 7) is -0.0362. The van der Waals surface area contributed by atoms with Gasteiger partial charge in [-0.2, -0.15) is 0 Å². The zero-order chi connectivity index (χ0) is 14.7. The quantitative estimate of drug-likeness (QED) is 0.899. The molecule has 0 bridgehead atoms. The van der Waals surface area contributed by atoms with Crippen molar-refractivity contribution in [1.29, 1.82) is 0 Å². The van der Waals surface area contributed by atoms with Crippen LogP contribution in [0.1, 0.15) is 15.9 Å². The summed E-state index contributed by atoms with van der Waals surface area (Å²) in [5, 5.41) is 11.8. The zero-order valence-corrected chi connectivity index (χ0v) is 10.9. The molecular formula is C14H10ClF2NO2. The summed E-state index contributed by atoms with van der Waals surface area (Å²) in [7, 11) is 0. The number of hydrogen-bond donors (Lipinski definition) is 2. The number of carbonyl (C=O) groups is 1. The highest BCUT2D eigenvalue weighted by Gasteiger charge is 2.09. The van der Waals surface area contributed by atoms with Crippen LogP contribution in [0.25, 0.3) is 0 Å². The van der Waals surface area contributed by atoms with E-state index in [1.807, 2.05) is 0 Å². The van der Waals surface area contributed by atoms with Crippen molar-refractivity contribution >= 4 is 23.3 Å². The van der Waals surface area contributed by atoms with Crippen LogP contribution in [0.4, 0.5) is 14.5 Å². The Morgan fingerprint density at radius 3 is 2.55 bits per heavy atom. The molecule has 3 nitrogen and oxygen atoms in total. The molecule has 2 rings (SSSR count). The second-order valence-electron chi connectivity index (χ2n) is 4.09. The Hall–Kier alpha value is -2.14. The third-order valence-electron chi connectivity index (χ3n) is 2.69. The van der Waals surface area contributed by atoms with Crippen LogP contribution >= 0.6 is 11.6 Å². The molecule has 104 valence electrons. The van der Waals surface area contributed by atoms with E-state index in [2.05, 4.69) is 5.32 Å². The molecule has 6 heteroatoms. The molecule has 0 saturated heterocycles. The molecule has 2 aromatic rings. The van der Waals surface area contributed by atoms with E-state index in [-0.39, 0.29) is 28.4 Å². The number of hydrogen-bond acceptors (Lipinski definition) is 2. The van der Waals surface area contributed by atoms with Crippen LogP contribution in [-0.4, -0.2) is 11.1 Å². The van der Waals surface area contributed by atoms with E-state index in [1.54, 1.807) is 0 Å². The van der Waals surface area contributed by atoms with Gasteiger partial charge < -0.3 is 10.4 Å². The van der Waals surface area contributed by atoms with Crippen LogP contribution < -0.4 is 5.32 Å². The van der Waals surface area contributed by atoms with Crippen LogP contribution in [0.3, 0.4) is 0 Å². The van der Waals surface area contributed by atoms with Gasteiger partial charge in [0.2, 0.25) is 0 Å². The molecule has 0 spiro atoms. The summed E-state index contributed by atoms with van der Waals surface area (Å²) in [5.41, 5.74) is 0.272. The predicted molar refractivity (Wildman–Crippen MR) is 72.1 cm³/mol. The lowest BCUT2D eigenvalue weighted by Crippen LogP contribution is -2.06. The van der Waals surface area contributed by atoms with Gasteiger partial charge in [-0.3, -0.25) is 0 Å². The molecule has 0 heterocycles. The van der Waals surface area contributed by atoms with Gasteiger partial charge in [0.05, 0.1) is 11.3 Å². The molecule has 0 aliphatic rings. The van der Waals surface area contributed by atoms with E-state index in [0.717, 1.165) is 12.1 Å². The number of aromatic carboxylic acids is 1. The molecule has 0 aliphatic heterocycles. The number of halogens is 3. The van der Waals surface area contributed by atoms with Crippen LogP contribution in [0.15, 0.2) is 36.4 Å². The van der Waals surface area contributed by atoms with Crippen LogP contribution in [-0.2, 0) is 6.54 Å². The van der Waals surface area contributed by atoms with Gasteiger partial charge in [-0.15, -0.1) is 0 Å². The molecule has 0 radical (unpaired) electrons. The second-order valence-corrected chi connectivity index (χ2v) is 4.53. The first-order valence-electron chi connectivity index (χ1n) is 5.68. The summed E-state index contributed by atoms with van der Waals surface area (Å²) < 4.78 is 27.1. The van der Waals surface area contributed by atoms with Gasteiger partial charge in [0, 0.05) is 17.1 Å². The van der Waals surface area contributed by atoms with Gasteiger partial charge in [-0.05, 0) is 36.4 Å². The summed E-state index contributed by atoms with van der Waals surface area (Å²) in [6, 6.07) is 7.50. The fourth-order valence-electron chi connectivity index (χ4n) is 1.67. The molecule has 0 amide bonds. The summed E-state index contributed by atoms with van der Waals surface area (Å²) in [5.74, 6) is -2.27. The third-order valence-corrected chi connectivity index (χ3v) is 2.93. The van der Waals surface area contributed by atoms with Crippen molar-refractivity contribution in [3.05, 3.63) is 64.2 Å². The maximum absolute atomic E-state index is 13.6. The lowest BCUT2D eigenvalue weighted by Gasteiger charge is -2.09. The second kappa shape index (κ2) is 5.88. The van der Waals surface area contributed by atoms with Crippen molar-refractivity contribution in [2.24, 2.45) is 0 Å². The maximum Gasteiger partial charge on any atom is 0.335 e. The Balaban J connectivity index is 2.18. The molecule has 0 fully saturated rings. The monoisotopic (exact) mass is 297 g/mol. The fraction of sp³-hybridized carbons (Fsp3) is 0.0714. The Morgan fingerprint density at radius 1 is 1.15 bits per heavy atom. The smallest absolute Gasteiger partial charge is 0.335 e. The Morgan fingerprint density at radius 2 is 1.90 bits per heavy atom. The minimum atomic E-state index is -1.15. The maximum atomic E-state index is 13.6. The van der Waals surface area contributed by atoms with E-state index >= 15 is 0 Å². The third kappa shape index (κ3) is 3.24. The molecule has 0 saturated carbocycles. The fourth-order valence-corrected chi connectivity index (χ4v) is 1.83. The van der Waals surface area contributed by atoms with E-state index in [0.29, 0.717) is 0 Å². The van der Waals surface area contributed by atoms with Gasteiger partial charge in [0.1, 0.15) is 11.6 Å². The molecule has 0 aromatic heterocycles. The van der Waals surface area contributed by atoms with Gasteiger partial charge in [-0.1, -0.05) is 11.6 Å². The van der Waals surface area contributed by atoms with Crippen molar-refractivity contribution in [2.75, 3.05) is 5.32 Å². The SMILES string of the molecule is O=C(O)c1ccc(F)c(CNc2ccc(Cl)cc2F)c1. The number of carboxylic acid groups (broad SMARTS) is 1. The standard InChI is InChI=1S/C14H10ClF2NO2/c15-10-2-4-13(12(17)6-10)18-7-9-5-8(14(19)20)1-3-11(9)16/h1-6,18H,7H2,(H,19,20). The number of carboxylic acids is 1. The van der Waals surface area contributed by atoms with Crippen LogP contribution in [0.5, 0.6) is 0 Å². The van der Waals surface area contributed by atoms with Gasteiger partial charge >= 0.3 is 5.97 Å². The lowest BCUT2D eigenvalue weighted by molar-refractivity contribution is 0.0696. The summed E-state index contributed by atoms with van der Waals surface area (Å²) in [6.07, 6.45) is 0. The molecule has 0 aliphatic carbocycles. The Bertz CT molecular complexity index is 662. The number of nitrogens with one attached hydrogen (secondary N) is 1. The first kappa shape index (κ1) is 14.3. The minimum Gasteiger partial charge on any atom is -0.478 e. The Kier molecular flexibility index (Phi) is 4.20. The molecule has 20 heavy (non-hydrogen) atoms. The van der Waals surface area contributed by atoms with Crippen LogP contribution in [0.2, 0.25) is 5.02 Å². The minimum absolute atomic E-state index is 0.0280. The molecule has 2 N–H and O–H groups in total. The molecule has 0 atom stereocenters. The molecule has 0 unspecified atom stereocenters. The van der Waals surface area contributed by atoms with Gasteiger partial charge in [0.15, 0.2) is 0 Å². The normalized spacial score (nSPS) is 10.3. The van der Waals surface area contributed by atoms with Crippen LogP contribution in [0, 0.1) is 11.6 Å². The number of benzene rings is 2. The zero-order valence-electron chi connectivity index (χ0n) is 10.2. The average Bonchev–Trinajstić information content (AvgIpc) is 2.39. The summed E-state index contributed by atoms with van der Waals surface area (Å²) in [4.78, 5) is 10.8. The first-order chi connectivity index (χ1) is 9.47. The average molecular weight is 298 g/mol. The largest absolute Gasteiger partial charge is 0.478 e. The predicted octanol–water partition coefficient (Wildman–Crippen LogP) is 3.93. The van der Waals surface area contributed by atoms with E-state index in [1.165, 1.54) is 24.3 Å². The lowest BCUT2D eigenvalue weighted by atomic mass is 10.1. The van der Waals surface area contributed by atoms with E-state index < -0.39 is 17.6 Å². The highest BCUT2D eigenvalue weighted by molar-refractivity contribution is 6.30. The van der Waals surface area contributed by atoms with Crippen molar-refractivity contribution in [3.63, 3.8) is 0 Å². The van der Waals surface area contributed by atoms with Crippen molar-refractivity contribution in [3.8, 4) is 0 Å². The highest BCUT2D eigenvalue weighted by atomic mass is 35.5. The molecule has 2 aromatic carbocycles. The van der Waals surface area contributed by atoms with E-state index in [9.17, 15) is 13.6 Å². The summed E-state index contributed by atoms with van der Waals surface area (Å²) >= 11 is 5.62. The van der Waals surface area contributed by atoms with Crippen molar-refractivity contribution in [1.82, 2.24) is 0 Å². The topological polar surface area (TPSA) is 49.3 Å². The first-order valence-corrected chi connectivity index (χ1v) is 6.06. The van der Waals surface area contributed by atoms with E-state index in [4.69, 9.17) is 16.7 Å². The number of anilines is 1. The van der Waals surface area contributed by atoms with Gasteiger partial charge in [-0.25, -0.2) is 13.6 Å². The van der Waals surface area contributed by atoms with Crippen molar-refractivity contribution < 1.29 is 18.7 Å². The van der Waals surface area contributed by atoms with Gasteiger partial charge in [0.25, 0.3) is 0 Å². The Labute approximate surface area is 118 Å². The highest BCUT2D eigenvalue weighted by Crippen LogP contribution is 2.20.